The third-order valence-electron chi connectivity index (χ3n) is 8.02. The van der Waals surface area contributed by atoms with Gasteiger partial charge < -0.3 is 4.90 Å². The van der Waals surface area contributed by atoms with Gasteiger partial charge in [0.2, 0.25) is 0 Å². The lowest BCUT2D eigenvalue weighted by molar-refractivity contribution is 0.590. The molecule has 42 heavy (non-hydrogen) atoms. The number of para-hydroxylation sites is 2. The predicted molar refractivity (Wildman–Crippen MR) is 188 cm³/mol. The largest absolute Gasteiger partial charge is 0.306 e. The summed E-state index contributed by atoms with van der Waals surface area (Å²) < 4.78 is 1.21. The van der Waals surface area contributed by atoms with E-state index in [1.165, 1.54) is 52.4 Å². The maximum Gasteiger partial charge on any atom is 0.0958 e. The molecule has 0 bridgehead atoms. The van der Waals surface area contributed by atoms with Gasteiger partial charge in [0, 0.05) is 24.3 Å². The molecule has 2 nitrogen and oxygen atoms in total. The van der Waals surface area contributed by atoms with Gasteiger partial charge in [0.15, 0.2) is 0 Å². The monoisotopic (exact) mass is 674 g/mol. The fraction of sp³-hybridized carbons (Fsp3) is 0.132. The van der Waals surface area contributed by atoms with Crippen molar-refractivity contribution >= 4 is 62.3 Å². The Morgan fingerprint density at radius 3 is 1.88 bits per heavy atom. The number of benzene rings is 5. The van der Waals surface area contributed by atoms with E-state index in [0.717, 1.165) is 22.5 Å². The number of anilines is 3. The van der Waals surface area contributed by atoms with Crippen LogP contribution in [0.15, 0.2) is 125 Å². The quantitative estimate of drug-likeness (QED) is 0.174. The number of nitrogens with zero attached hydrogens (tertiary/aromatic N) is 2. The zero-order chi connectivity index (χ0) is 29.0. The maximum atomic E-state index is 5.45. The van der Waals surface area contributed by atoms with Crippen LogP contribution in [0.1, 0.15) is 31.9 Å². The molecule has 1 aliphatic heterocycles. The number of pyridine rings is 1. The lowest BCUT2D eigenvalue weighted by atomic mass is 9.85. The number of hydrogen-bond donors (Lipinski definition) is 0. The zero-order valence-corrected chi connectivity index (χ0v) is 27.1. The normalized spacial score (nSPS) is 12.7. The molecule has 1 aliphatic rings. The highest BCUT2D eigenvalue weighted by molar-refractivity contribution is 14.1. The smallest absolute Gasteiger partial charge is 0.0958 e. The second-order valence-corrected chi connectivity index (χ2v) is 14.2. The summed E-state index contributed by atoms with van der Waals surface area (Å²) in [6.07, 6.45) is 0. The Hall–Kier alpha value is -3.61. The third-order valence-corrected chi connectivity index (χ3v) is 9.87. The van der Waals surface area contributed by atoms with Gasteiger partial charge in [-0.15, -0.1) is 0 Å². The lowest BCUT2D eigenvalue weighted by Gasteiger charge is -2.33. The SMILES string of the molecule is Cc1ccc(N2c3ccccc3Sc3ccccc32)c2nc(-c3ccc(I)cc3)cc(-c3ccc(C(C)(C)C)cc3)c12. The minimum Gasteiger partial charge on any atom is -0.306 e. The molecule has 0 fully saturated rings. The predicted octanol–water partition coefficient (Wildman–Crippen LogP) is 11.7. The van der Waals surface area contributed by atoms with E-state index in [9.17, 15) is 0 Å². The average molecular weight is 675 g/mol. The number of hydrogen-bond acceptors (Lipinski definition) is 3. The number of fused-ring (bicyclic) bond motifs is 3. The highest BCUT2D eigenvalue weighted by Crippen LogP contribution is 2.53. The van der Waals surface area contributed by atoms with Crippen molar-refractivity contribution in [1.82, 2.24) is 4.98 Å². The van der Waals surface area contributed by atoms with Crippen LogP contribution in [0.25, 0.3) is 33.3 Å². The van der Waals surface area contributed by atoms with Crippen LogP contribution in [-0.2, 0) is 5.41 Å². The van der Waals surface area contributed by atoms with Crippen LogP contribution in [0.2, 0.25) is 0 Å². The van der Waals surface area contributed by atoms with Crippen molar-refractivity contribution in [1.29, 1.82) is 0 Å². The van der Waals surface area contributed by atoms with Crippen molar-refractivity contribution in [3.63, 3.8) is 0 Å². The van der Waals surface area contributed by atoms with Crippen LogP contribution in [0.3, 0.4) is 0 Å². The van der Waals surface area contributed by atoms with Crippen molar-refractivity contribution in [2.45, 2.75) is 42.9 Å². The Morgan fingerprint density at radius 1 is 0.667 bits per heavy atom. The highest BCUT2D eigenvalue weighted by atomic mass is 127. The molecule has 5 aromatic carbocycles. The lowest BCUT2D eigenvalue weighted by Crippen LogP contribution is -2.15. The van der Waals surface area contributed by atoms with Crippen LogP contribution in [-0.4, -0.2) is 4.98 Å². The van der Waals surface area contributed by atoms with Gasteiger partial charge in [-0.2, -0.15) is 0 Å². The molecule has 0 radical (unpaired) electrons. The molecule has 0 aliphatic carbocycles. The van der Waals surface area contributed by atoms with Gasteiger partial charge >= 0.3 is 0 Å². The van der Waals surface area contributed by atoms with E-state index < -0.39 is 0 Å². The van der Waals surface area contributed by atoms with Crippen LogP contribution in [0.5, 0.6) is 0 Å². The average Bonchev–Trinajstić information content (AvgIpc) is 3.00. The zero-order valence-electron chi connectivity index (χ0n) is 24.2. The van der Waals surface area contributed by atoms with E-state index in [4.69, 9.17) is 4.98 Å². The minimum atomic E-state index is 0.0985. The Labute approximate surface area is 266 Å². The summed E-state index contributed by atoms with van der Waals surface area (Å²) in [5, 5.41) is 1.19. The standard InChI is InChI=1S/C38H31IN2S/c1-24-13-22-33(41-31-9-5-7-11-34(31)42-35-12-8-6-10-32(35)41)37-36(24)29(25-14-18-27(19-15-25)38(2,3)4)23-30(40-37)26-16-20-28(39)21-17-26/h5-23H,1-4H3. The van der Waals surface area contributed by atoms with Crippen molar-refractivity contribution in [3.05, 3.63) is 130 Å². The first-order chi connectivity index (χ1) is 20.3. The summed E-state index contributed by atoms with van der Waals surface area (Å²) in [6, 6.07) is 41.9. The van der Waals surface area contributed by atoms with Crippen molar-refractivity contribution < 1.29 is 0 Å². The van der Waals surface area contributed by atoms with Gasteiger partial charge in [0.25, 0.3) is 0 Å². The van der Waals surface area contributed by atoms with E-state index in [-0.39, 0.29) is 5.41 Å². The number of aryl methyl sites for hydroxylation is 1. The van der Waals surface area contributed by atoms with E-state index in [2.05, 4.69) is 170 Å². The number of aromatic nitrogens is 1. The van der Waals surface area contributed by atoms with Crippen LogP contribution in [0, 0.1) is 10.5 Å². The molecule has 206 valence electrons. The first-order valence-electron chi connectivity index (χ1n) is 14.3. The Bertz CT molecular complexity index is 1910. The summed E-state index contributed by atoms with van der Waals surface area (Å²) in [4.78, 5) is 10.3. The van der Waals surface area contributed by atoms with Crippen LogP contribution in [0.4, 0.5) is 17.1 Å². The molecule has 4 heteroatoms. The van der Waals surface area contributed by atoms with E-state index in [1.807, 2.05) is 11.8 Å². The highest BCUT2D eigenvalue weighted by Gasteiger charge is 2.27. The molecule has 0 atom stereocenters. The molecule has 0 spiro atoms. The summed E-state index contributed by atoms with van der Waals surface area (Å²) in [5.41, 5.74) is 11.6. The molecule has 2 heterocycles. The third kappa shape index (κ3) is 4.81. The Balaban J connectivity index is 1.54. The van der Waals surface area contributed by atoms with E-state index >= 15 is 0 Å². The van der Waals surface area contributed by atoms with Gasteiger partial charge in [-0.3, -0.25) is 0 Å². The fourth-order valence-electron chi connectivity index (χ4n) is 5.79. The second-order valence-electron chi connectivity index (χ2n) is 11.9. The van der Waals surface area contributed by atoms with Gasteiger partial charge in [-0.1, -0.05) is 99.3 Å². The van der Waals surface area contributed by atoms with Gasteiger partial charge in [0.05, 0.1) is 28.3 Å². The molecule has 0 N–H and O–H groups in total. The van der Waals surface area contributed by atoms with Crippen molar-refractivity contribution in [3.8, 4) is 22.4 Å². The summed E-state index contributed by atoms with van der Waals surface area (Å²) in [7, 11) is 0. The number of halogens is 1. The molecular weight excluding hydrogens is 643 g/mol. The van der Waals surface area contributed by atoms with E-state index in [0.29, 0.717) is 0 Å². The Morgan fingerprint density at radius 2 is 1.26 bits per heavy atom. The summed E-state index contributed by atoms with van der Waals surface area (Å²) in [5.74, 6) is 0. The molecule has 0 unspecified atom stereocenters. The van der Waals surface area contributed by atoms with Crippen molar-refractivity contribution in [2.24, 2.45) is 0 Å². The molecule has 6 aromatic rings. The molecule has 0 amide bonds. The van der Waals surface area contributed by atoms with Gasteiger partial charge in [0.1, 0.15) is 0 Å². The molecule has 0 saturated carbocycles. The molecular formula is C38H31IN2S. The van der Waals surface area contributed by atoms with E-state index in [1.54, 1.807) is 0 Å². The van der Waals surface area contributed by atoms with Crippen LogP contribution < -0.4 is 4.90 Å². The Kier molecular flexibility index (Phi) is 6.87. The first-order valence-corrected chi connectivity index (χ1v) is 16.1. The van der Waals surface area contributed by atoms with Crippen molar-refractivity contribution in [2.75, 3.05) is 4.90 Å². The second kappa shape index (κ2) is 10.6. The fourth-order valence-corrected chi connectivity index (χ4v) is 7.20. The summed E-state index contributed by atoms with van der Waals surface area (Å²) >= 11 is 4.20. The molecule has 7 rings (SSSR count). The van der Waals surface area contributed by atoms with Gasteiger partial charge in [-0.25, -0.2) is 4.98 Å². The topological polar surface area (TPSA) is 16.1 Å². The maximum absolute atomic E-state index is 5.45. The first kappa shape index (κ1) is 27.2. The summed E-state index contributed by atoms with van der Waals surface area (Å²) in [6.45, 7) is 9.00. The minimum absolute atomic E-state index is 0.0985. The number of rotatable bonds is 3. The van der Waals surface area contributed by atoms with Crippen LogP contribution >= 0.6 is 34.4 Å². The molecule has 0 saturated heterocycles. The van der Waals surface area contributed by atoms with Gasteiger partial charge in [-0.05, 0) is 106 Å². The molecule has 1 aromatic heterocycles.